The first-order valence-electron chi connectivity index (χ1n) is 10.7. The van der Waals surface area contributed by atoms with Gasteiger partial charge in [-0.2, -0.15) is 0 Å². The van der Waals surface area contributed by atoms with Gasteiger partial charge in [-0.1, -0.05) is 48.2 Å². The molecule has 0 atom stereocenters. The van der Waals surface area contributed by atoms with Crippen molar-refractivity contribution in [1.29, 1.82) is 0 Å². The number of anilines is 1. The molecule has 166 valence electrons. The van der Waals surface area contributed by atoms with Crippen molar-refractivity contribution in [1.82, 2.24) is 34.3 Å². The average molecular weight is 457 g/mol. The third-order valence-corrected chi connectivity index (χ3v) is 6.63. The van der Waals surface area contributed by atoms with Gasteiger partial charge in [-0.25, -0.2) is 15.0 Å². The van der Waals surface area contributed by atoms with Crippen LogP contribution in [0.25, 0.3) is 28.2 Å². The van der Waals surface area contributed by atoms with Crippen LogP contribution in [-0.2, 0) is 6.54 Å². The summed E-state index contributed by atoms with van der Waals surface area (Å²) in [5.41, 5.74) is 11.9. The molecule has 0 aliphatic heterocycles. The fourth-order valence-electron chi connectivity index (χ4n) is 3.70. The minimum atomic E-state index is 0.406. The van der Waals surface area contributed by atoms with E-state index in [0.29, 0.717) is 11.3 Å². The molecule has 0 unspecified atom stereocenters. The van der Waals surface area contributed by atoms with E-state index >= 15 is 0 Å². The largest absolute Gasteiger partial charge is 0.382 e. The minimum Gasteiger partial charge on any atom is -0.382 e. The molecule has 0 saturated heterocycles. The van der Waals surface area contributed by atoms with Gasteiger partial charge < -0.3 is 10.3 Å². The molecule has 9 heteroatoms. The second kappa shape index (κ2) is 9.03. The van der Waals surface area contributed by atoms with Gasteiger partial charge >= 0.3 is 0 Å². The van der Waals surface area contributed by atoms with Crippen LogP contribution in [0.5, 0.6) is 0 Å². The highest BCUT2D eigenvalue weighted by Crippen LogP contribution is 2.29. The Morgan fingerprint density at radius 1 is 0.939 bits per heavy atom. The van der Waals surface area contributed by atoms with E-state index in [9.17, 15) is 0 Å². The summed E-state index contributed by atoms with van der Waals surface area (Å²) < 4.78 is 4.16. The van der Waals surface area contributed by atoms with Crippen molar-refractivity contribution < 1.29 is 0 Å². The maximum absolute atomic E-state index is 5.89. The van der Waals surface area contributed by atoms with Gasteiger partial charge in [0.15, 0.2) is 22.4 Å². The molecule has 33 heavy (non-hydrogen) atoms. The third-order valence-electron chi connectivity index (χ3n) is 5.62. The summed E-state index contributed by atoms with van der Waals surface area (Å²) in [7, 11) is 0. The molecule has 0 amide bonds. The van der Waals surface area contributed by atoms with Crippen LogP contribution < -0.4 is 5.73 Å². The number of thioether (sulfide) groups is 1. The number of hydrogen-bond donors (Lipinski definition) is 1. The number of nitrogens with two attached hydrogens (primary N) is 1. The summed E-state index contributed by atoms with van der Waals surface area (Å²) in [4.78, 5) is 12.7. The Hall–Kier alpha value is -3.72. The summed E-state index contributed by atoms with van der Waals surface area (Å²) in [6.45, 7) is 5.03. The molecule has 0 spiro atoms. The lowest BCUT2D eigenvalue weighted by Gasteiger charge is -2.12. The smallest absolute Gasteiger partial charge is 0.196 e. The lowest BCUT2D eigenvalue weighted by atomic mass is 10.1. The van der Waals surface area contributed by atoms with Crippen LogP contribution in [0.1, 0.15) is 17.5 Å². The van der Waals surface area contributed by atoms with Gasteiger partial charge in [-0.05, 0) is 43.5 Å². The standard InChI is InChI=1S/C24H24N8S/c1-16-9-10-19(13-17(16)2)32-22(18-7-4-3-5-8-18)29-30-24(32)33-12-6-11-31-15-28-20-21(25)26-14-27-23(20)31/h3-5,7-10,13-15H,6,11-12H2,1-2H3,(H2,25,26,27). The van der Waals surface area contributed by atoms with E-state index < -0.39 is 0 Å². The SMILES string of the molecule is Cc1ccc(-n2c(SCCCn3cnc4c(N)ncnc43)nnc2-c2ccccc2)cc1C. The average Bonchev–Trinajstić information content (AvgIpc) is 3.44. The lowest BCUT2D eigenvalue weighted by Crippen LogP contribution is -2.02. The van der Waals surface area contributed by atoms with Crippen molar-refractivity contribution in [2.75, 3.05) is 11.5 Å². The zero-order valence-corrected chi connectivity index (χ0v) is 19.3. The van der Waals surface area contributed by atoms with Crippen molar-refractivity contribution in [3.8, 4) is 17.1 Å². The molecule has 0 radical (unpaired) electrons. The predicted octanol–water partition coefficient (Wildman–Crippen LogP) is 4.46. The van der Waals surface area contributed by atoms with E-state index in [4.69, 9.17) is 5.73 Å². The number of rotatable bonds is 7. The Kier molecular flexibility index (Phi) is 5.78. The maximum Gasteiger partial charge on any atom is 0.196 e. The summed E-state index contributed by atoms with van der Waals surface area (Å²) in [6, 6.07) is 16.6. The first kappa shape index (κ1) is 21.1. The van der Waals surface area contributed by atoms with Crippen molar-refractivity contribution >= 4 is 28.7 Å². The van der Waals surface area contributed by atoms with Gasteiger partial charge in [0.2, 0.25) is 0 Å². The highest BCUT2D eigenvalue weighted by molar-refractivity contribution is 7.99. The van der Waals surface area contributed by atoms with Gasteiger partial charge in [0.05, 0.1) is 12.0 Å². The molecule has 5 aromatic rings. The number of aryl methyl sites for hydroxylation is 3. The predicted molar refractivity (Wildman–Crippen MR) is 131 cm³/mol. The number of imidazole rings is 1. The molecule has 0 aliphatic rings. The first-order valence-corrected chi connectivity index (χ1v) is 11.7. The highest BCUT2D eigenvalue weighted by Gasteiger charge is 2.16. The molecule has 5 rings (SSSR count). The van der Waals surface area contributed by atoms with E-state index in [0.717, 1.165) is 46.6 Å². The number of hydrogen-bond acceptors (Lipinski definition) is 7. The molecule has 8 nitrogen and oxygen atoms in total. The lowest BCUT2D eigenvalue weighted by molar-refractivity contribution is 0.695. The molecule has 0 fully saturated rings. The monoisotopic (exact) mass is 456 g/mol. The van der Waals surface area contributed by atoms with E-state index in [2.05, 4.69) is 73.9 Å². The van der Waals surface area contributed by atoms with Gasteiger partial charge in [-0.15, -0.1) is 10.2 Å². The van der Waals surface area contributed by atoms with Crippen molar-refractivity contribution in [3.05, 3.63) is 72.3 Å². The normalized spacial score (nSPS) is 11.3. The maximum atomic E-state index is 5.89. The third kappa shape index (κ3) is 4.19. The molecule has 0 aliphatic carbocycles. The van der Waals surface area contributed by atoms with Gasteiger partial charge in [0, 0.05) is 17.9 Å². The summed E-state index contributed by atoms with van der Waals surface area (Å²) in [5.74, 6) is 2.12. The molecular formula is C24H24N8S. The van der Waals surface area contributed by atoms with E-state index in [-0.39, 0.29) is 0 Å². The van der Waals surface area contributed by atoms with E-state index in [1.807, 2.05) is 22.8 Å². The first-order chi connectivity index (χ1) is 16.1. The molecule has 0 bridgehead atoms. The summed E-state index contributed by atoms with van der Waals surface area (Å²) in [6.07, 6.45) is 4.16. The number of nitrogens with zero attached hydrogens (tertiary/aromatic N) is 7. The van der Waals surface area contributed by atoms with Crippen LogP contribution in [-0.4, -0.2) is 40.0 Å². The van der Waals surface area contributed by atoms with Crippen LogP contribution in [0.2, 0.25) is 0 Å². The highest BCUT2D eigenvalue weighted by atomic mass is 32.2. The number of nitrogen functional groups attached to an aromatic ring is 1. The topological polar surface area (TPSA) is 100 Å². The zero-order chi connectivity index (χ0) is 22.8. The number of aromatic nitrogens is 7. The Labute approximate surface area is 195 Å². The van der Waals surface area contributed by atoms with E-state index in [1.165, 1.54) is 17.5 Å². The van der Waals surface area contributed by atoms with Crippen LogP contribution >= 0.6 is 11.8 Å². The summed E-state index contributed by atoms with van der Waals surface area (Å²) >= 11 is 1.70. The van der Waals surface area contributed by atoms with Crippen LogP contribution in [0.4, 0.5) is 5.82 Å². The van der Waals surface area contributed by atoms with Gasteiger partial charge in [0.1, 0.15) is 11.8 Å². The molecule has 3 aromatic heterocycles. The molecule has 2 aromatic carbocycles. The summed E-state index contributed by atoms with van der Waals surface area (Å²) in [5, 5.41) is 9.95. The molecule has 2 N–H and O–H groups in total. The Morgan fingerprint density at radius 2 is 1.79 bits per heavy atom. The van der Waals surface area contributed by atoms with Crippen LogP contribution in [0.15, 0.2) is 66.3 Å². The molecule has 3 heterocycles. The zero-order valence-electron chi connectivity index (χ0n) is 18.5. The van der Waals surface area contributed by atoms with Gasteiger partial charge in [-0.3, -0.25) is 4.57 Å². The Bertz CT molecular complexity index is 1410. The molecule has 0 saturated carbocycles. The number of benzene rings is 2. The van der Waals surface area contributed by atoms with Crippen molar-refractivity contribution in [3.63, 3.8) is 0 Å². The second-order valence-corrected chi connectivity index (χ2v) is 8.91. The fourth-order valence-corrected chi connectivity index (χ4v) is 4.57. The number of fused-ring (bicyclic) bond motifs is 1. The van der Waals surface area contributed by atoms with Crippen LogP contribution in [0.3, 0.4) is 0 Å². The fraction of sp³-hybridized carbons (Fsp3) is 0.208. The quantitative estimate of drug-likeness (QED) is 0.285. The minimum absolute atomic E-state index is 0.406. The van der Waals surface area contributed by atoms with Crippen molar-refractivity contribution in [2.45, 2.75) is 32.0 Å². The van der Waals surface area contributed by atoms with E-state index in [1.54, 1.807) is 18.1 Å². The second-order valence-electron chi connectivity index (χ2n) is 7.85. The van der Waals surface area contributed by atoms with Crippen LogP contribution in [0, 0.1) is 13.8 Å². The van der Waals surface area contributed by atoms with Crippen molar-refractivity contribution in [2.24, 2.45) is 0 Å². The Balaban J connectivity index is 1.38. The van der Waals surface area contributed by atoms with Gasteiger partial charge in [0.25, 0.3) is 0 Å². The Morgan fingerprint density at radius 3 is 2.61 bits per heavy atom. The molecular weight excluding hydrogens is 432 g/mol.